The van der Waals surface area contributed by atoms with E-state index in [0.29, 0.717) is 0 Å². The normalized spacial score (nSPS) is 12.5. The second kappa shape index (κ2) is 14.9. The molecule has 0 amide bonds. The van der Waals surface area contributed by atoms with Crippen molar-refractivity contribution in [1.29, 1.82) is 0 Å². The van der Waals surface area contributed by atoms with Crippen LogP contribution >= 0.6 is 0 Å². The van der Waals surface area contributed by atoms with E-state index in [1.165, 1.54) is 72.0 Å². The van der Waals surface area contributed by atoms with E-state index in [9.17, 15) is 0 Å². The van der Waals surface area contributed by atoms with Crippen LogP contribution in [0, 0.1) is 0 Å². The van der Waals surface area contributed by atoms with Gasteiger partial charge in [0.25, 0.3) is 0 Å². The van der Waals surface area contributed by atoms with Gasteiger partial charge in [-0.2, -0.15) is 0 Å². The molecule has 0 unspecified atom stereocenters. The van der Waals surface area contributed by atoms with Crippen LogP contribution in [0.15, 0.2) is 249 Å². The Morgan fingerprint density at radius 2 is 0.817 bits per heavy atom. The molecule has 0 fully saturated rings. The average molecular weight is 764 g/mol. The molecule has 0 aliphatic heterocycles. The topological polar surface area (TPSA) is 3.24 Å². The molecule has 1 aliphatic rings. The lowest BCUT2D eigenvalue weighted by atomic mass is 9.67. The van der Waals surface area contributed by atoms with Gasteiger partial charge in [0.05, 0.1) is 11.1 Å². The molecule has 0 bridgehead atoms. The summed E-state index contributed by atoms with van der Waals surface area (Å²) in [4.78, 5) is 2.49. The van der Waals surface area contributed by atoms with Gasteiger partial charge in [-0.3, -0.25) is 0 Å². The second-order valence-electron chi connectivity index (χ2n) is 15.6. The number of nitrogens with zero attached hydrogens (tertiary/aromatic N) is 1. The first-order chi connectivity index (χ1) is 29.8. The van der Waals surface area contributed by atoms with E-state index in [1.54, 1.807) is 0 Å². The molecule has 282 valence electrons. The molecule has 10 aromatic carbocycles. The third-order valence-corrected chi connectivity index (χ3v) is 12.3. The lowest BCUT2D eigenvalue weighted by Crippen LogP contribution is -2.28. The Morgan fingerprint density at radius 3 is 1.52 bits per heavy atom. The van der Waals surface area contributed by atoms with Crippen molar-refractivity contribution in [2.24, 2.45) is 0 Å². The smallest absolute Gasteiger partial charge is 0.0714 e. The Hall–Kier alpha value is -7.74. The molecule has 10 aromatic rings. The van der Waals surface area contributed by atoms with Crippen molar-refractivity contribution in [3.05, 3.63) is 271 Å². The minimum absolute atomic E-state index is 0.524. The van der Waals surface area contributed by atoms with Crippen molar-refractivity contribution in [2.45, 2.75) is 5.41 Å². The van der Waals surface area contributed by atoms with Crippen LogP contribution in [0.1, 0.15) is 22.3 Å². The van der Waals surface area contributed by atoms with Crippen LogP contribution in [0.25, 0.3) is 55.3 Å². The molecular formula is C59H41N. The molecule has 11 rings (SSSR count). The Morgan fingerprint density at radius 1 is 0.300 bits per heavy atom. The molecule has 1 heteroatoms. The van der Waals surface area contributed by atoms with Gasteiger partial charge in [0.1, 0.15) is 0 Å². The Balaban J connectivity index is 1.17. The van der Waals surface area contributed by atoms with Gasteiger partial charge in [-0.25, -0.2) is 0 Å². The van der Waals surface area contributed by atoms with Crippen LogP contribution in [0.3, 0.4) is 0 Å². The van der Waals surface area contributed by atoms with Crippen LogP contribution < -0.4 is 4.90 Å². The maximum absolute atomic E-state index is 2.49. The van der Waals surface area contributed by atoms with Crippen LogP contribution in [0.5, 0.6) is 0 Å². The molecule has 0 radical (unpaired) electrons. The standard InChI is InChI=1S/C59H41N/c1-5-18-42(19-6-1)43-32-34-44(35-33-43)47-23-17-28-50(40-47)60(57-39-36-45-20-13-14-29-52(45)58(57)46-21-7-2-8-22-46)51-37-38-54-53-30-15-16-31-55(53)59(56(54)41-51,48-24-9-3-10-25-48)49-26-11-4-12-27-49/h1-41H. The molecule has 0 aromatic heterocycles. The summed E-state index contributed by atoms with van der Waals surface area (Å²) in [5.41, 5.74) is 17.6. The number of fused-ring (bicyclic) bond motifs is 4. The molecule has 1 aliphatic carbocycles. The zero-order valence-electron chi connectivity index (χ0n) is 33.1. The summed E-state index contributed by atoms with van der Waals surface area (Å²) in [6, 6.07) is 91.1. The summed E-state index contributed by atoms with van der Waals surface area (Å²) in [5.74, 6) is 0. The molecule has 0 atom stereocenters. The zero-order chi connectivity index (χ0) is 39.9. The van der Waals surface area contributed by atoms with Gasteiger partial charge in [0.2, 0.25) is 0 Å². The first-order valence-electron chi connectivity index (χ1n) is 20.8. The summed E-state index contributed by atoms with van der Waals surface area (Å²) in [6.45, 7) is 0. The number of anilines is 3. The van der Waals surface area contributed by atoms with Crippen molar-refractivity contribution >= 4 is 27.8 Å². The molecule has 0 saturated heterocycles. The lowest BCUT2D eigenvalue weighted by molar-refractivity contribution is 0.768. The SMILES string of the molecule is c1ccc(-c2ccc(-c3cccc(N(c4ccc5c(c4)C(c4ccccc4)(c4ccccc4)c4ccccc4-5)c4ccc5ccccc5c4-c4ccccc4)c3)cc2)cc1. The quantitative estimate of drug-likeness (QED) is 0.149. The van der Waals surface area contributed by atoms with E-state index in [4.69, 9.17) is 0 Å². The van der Waals surface area contributed by atoms with Crippen LogP contribution in [0.4, 0.5) is 17.1 Å². The summed E-state index contributed by atoms with van der Waals surface area (Å²) >= 11 is 0. The van der Waals surface area contributed by atoms with Crippen LogP contribution in [-0.2, 0) is 5.41 Å². The fraction of sp³-hybridized carbons (Fsp3) is 0.0169. The van der Waals surface area contributed by atoms with Crippen LogP contribution in [0.2, 0.25) is 0 Å². The van der Waals surface area contributed by atoms with Gasteiger partial charge in [-0.15, -0.1) is 0 Å². The first kappa shape index (κ1) is 35.4. The molecule has 1 nitrogen and oxygen atoms in total. The summed E-state index contributed by atoms with van der Waals surface area (Å²) in [5, 5.41) is 2.43. The highest BCUT2D eigenvalue weighted by atomic mass is 15.1. The fourth-order valence-electron chi connectivity index (χ4n) is 9.66. The number of hydrogen-bond donors (Lipinski definition) is 0. The number of benzene rings is 10. The van der Waals surface area contributed by atoms with E-state index in [2.05, 4.69) is 254 Å². The van der Waals surface area contributed by atoms with Gasteiger partial charge in [0.15, 0.2) is 0 Å². The maximum Gasteiger partial charge on any atom is 0.0714 e. The average Bonchev–Trinajstić information content (AvgIpc) is 3.63. The van der Waals surface area contributed by atoms with Gasteiger partial charge >= 0.3 is 0 Å². The highest BCUT2D eigenvalue weighted by Crippen LogP contribution is 2.57. The minimum atomic E-state index is -0.524. The molecule has 0 heterocycles. The van der Waals surface area contributed by atoms with Crippen molar-refractivity contribution in [1.82, 2.24) is 0 Å². The van der Waals surface area contributed by atoms with E-state index in [1.807, 2.05) is 0 Å². The number of hydrogen-bond acceptors (Lipinski definition) is 1. The predicted octanol–water partition coefficient (Wildman–Crippen LogP) is 15.7. The molecule has 60 heavy (non-hydrogen) atoms. The first-order valence-corrected chi connectivity index (χ1v) is 20.8. The number of rotatable bonds is 8. The van der Waals surface area contributed by atoms with E-state index in [-0.39, 0.29) is 0 Å². The summed E-state index contributed by atoms with van der Waals surface area (Å²) in [7, 11) is 0. The fourth-order valence-corrected chi connectivity index (χ4v) is 9.66. The Kier molecular flexibility index (Phi) is 8.79. The third-order valence-electron chi connectivity index (χ3n) is 12.3. The van der Waals surface area contributed by atoms with Crippen molar-refractivity contribution in [3.63, 3.8) is 0 Å². The summed E-state index contributed by atoms with van der Waals surface area (Å²) < 4.78 is 0. The highest BCUT2D eigenvalue weighted by Gasteiger charge is 2.46. The Labute approximate surface area is 352 Å². The van der Waals surface area contributed by atoms with Crippen molar-refractivity contribution < 1.29 is 0 Å². The van der Waals surface area contributed by atoms with E-state index >= 15 is 0 Å². The predicted molar refractivity (Wildman–Crippen MR) is 252 cm³/mol. The van der Waals surface area contributed by atoms with Gasteiger partial charge in [-0.05, 0) is 102 Å². The largest absolute Gasteiger partial charge is 0.310 e. The van der Waals surface area contributed by atoms with Crippen molar-refractivity contribution in [3.8, 4) is 44.5 Å². The van der Waals surface area contributed by atoms with Gasteiger partial charge < -0.3 is 4.90 Å². The summed E-state index contributed by atoms with van der Waals surface area (Å²) in [6.07, 6.45) is 0. The molecule has 0 N–H and O–H groups in total. The van der Waals surface area contributed by atoms with Gasteiger partial charge in [0, 0.05) is 16.9 Å². The Bertz CT molecular complexity index is 3080. The van der Waals surface area contributed by atoms with E-state index < -0.39 is 5.41 Å². The molecule has 0 saturated carbocycles. The monoisotopic (exact) mass is 763 g/mol. The third kappa shape index (κ3) is 5.86. The highest BCUT2D eigenvalue weighted by molar-refractivity contribution is 6.05. The second-order valence-corrected chi connectivity index (χ2v) is 15.6. The van der Waals surface area contributed by atoms with Gasteiger partial charge in [-0.1, -0.05) is 218 Å². The van der Waals surface area contributed by atoms with Crippen molar-refractivity contribution in [2.75, 3.05) is 4.90 Å². The maximum atomic E-state index is 2.49. The zero-order valence-corrected chi connectivity index (χ0v) is 33.1. The molecule has 0 spiro atoms. The van der Waals surface area contributed by atoms with E-state index in [0.717, 1.165) is 22.6 Å². The molecular weight excluding hydrogens is 723 g/mol. The minimum Gasteiger partial charge on any atom is -0.310 e. The van der Waals surface area contributed by atoms with Crippen LogP contribution in [-0.4, -0.2) is 0 Å². The lowest BCUT2D eigenvalue weighted by Gasteiger charge is -2.35.